The highest BCUT2D eigenvalue weighted by Gasteiger charge is 2.19. The van der Waals surface area contributed by atoms with Crippen LogP contribution >= 0.6 is 24.0 Å². The highest BCUT2D eigenvalue weighted by atomic mass is 127. The van der Waals surface area contributed by atoms with Crippen molar-refractivity contribution in [3.05, 3.63) is 11.3 Å². The predicted octanol–water partition coefficient (Wildman–Crippen LogP) is 1.14. The second-order valence-corrected chi connectivity index (χ2v) is 5.21. The van der Waals surface area contributed by atoms with E-state index in [1.54, 1.807) is 11.8 Å². The zero-order valence-electron chi connectivity index (χ0n) is 13.7. The van der Waals surface area contributed by atoms with Gasteiger partial charge in [-0.1, -0.05) is 6.92 Å². The topological polar surface area (TPSA) is 77.9 Å². The number of morpholine rings is 1. The molecule has 2 heterocycles. The Morgan fingerprint density at radius 3 is 2.86 bits per heavy atom. The molecule has 8 heteroatoms. The summed E-state index contributed by atoms with van der Waals surface area (Å²) in [6.45, 7) is 6.84. The molecule has 22 heavy (non-hydrogen) atoms. The van der Waals surface area contributed by atoms with E-state index in [0.717, 1.165) is 36.6 Å². The molecule has 1 saturated heterocycles. The molecular weight excluding hydrogens is 397 g/mol. The second kappa shape index (κ2) is 8.56. The molecule has 1 aromatic rings. The van der Waals surface area contributed by atoms with Crippen molar-refractivity contribution in [1.82, 2.24) is 14.7 Å². The summed E-state index contributed by atoms with van der Waals surface area (Å²) in [4.78, 5) is 6.57. The minimum Gasteiger partial charge on any atom is -0.481 e. The van der Waals surface area contributed by atoms with Crippen molar-refractivity contribution in [3.63, 3.8) is 0 Å². The minimum atomic E-state index is 0. The van der Waals surface area contributed by atoms with Gasteiger partial charge in [0.2, 0.25) is 5.88 Å². The van der Waals surface area contributed by atoms with Crippen LogP contribution in [0.15, 0.2) is 4.99 Å². The quantitative estimate of drug-likeness (QED) is 0.447. The third-order valence-corrected chi connectivity index (χ3v) is 3.66. The fraction of sp³-hybridized carbons (Fsp3) is 0.714. The maximum Gasteiger partial charge on any atom is 0.216 e. The first-order chi connectivity index (χ1) is 10.1. The van der Waals surface area contributed by atoms with Crippen molar-refractivity contribution in [3.8, 4) is 5.88 Å². The molecule has 0 aliphatic carbocycles. The Morgan fingerprint density at radius 1 is 1.55 bits per heavy atom. The summed E-state index contributed by atoms with van der Waals surface area (Å²) in [5, 5.41) is 4.45. The average molecular weight is 423 g/mol. The van der Waals surface area contributed by atoms with E-state index in [0.29, 0.717) is 19.1 Å². The van der Waals surface area contributed by atoms with E-state index in [1.165, 1.54) is 0 Å². The lowest BCUT2D eigenvalue weighted by Gasteiger charge is -2.31. The van der Waals surface area contributed by atoms with Crippen molar-refractivity contribution in [2.24, 2.45) is 17.8 Å². The Labute approximate surface area is 148 Å². The first kappa shape index (κ1) is 19.0. The molecule has 0 saturated carbocycles. The second-order valence-electron chi connectivity index (χ2n) is 5.21. The van der Waals surface area contributed by atoms with E-state index in [9.17, 15) is 0 Å². The number of nitrogens with zero attached hydrogens (tertiary/aromatic N) is 4. The van der Waals surface area contributed by atoms with E-state index in [-0.39, 0.29) is 30.1 Å². The molecule has 0 aromatic carbocycles. The van der Waals surface area contributed by atoms with E-state index in [2.05, 4.69) is 21.9 Å². The molecule has 126 valence electrons. The van der Waals surface area contributed by atoms with Crippen LogP contribution in [-0.2, 0) is 24.8 Å². The van der Waals surface area contributed by atoms with E-state index in [4.69, 9.17) is 15.2 Å². The van der Waals surface area contributed by atoms with Crippen LogP contribution < -0.4 is 10.5 Å². The molecule has 1 atom stereocenters. The third-order valence-electron chi connectivity index (χ3n) is 3.66. The molecule has 2 N–H and O–H groups in total. The van der Waals surface area contributed by atoms with Gasteiger partial charge in [-0.05, 0) is 13.3 Å². The van der Waals surface area contributed by atoms with E-state index < -0.39 is 0 Å². The lowest BCUT2D eigenvalue weighted by molar-refractivity contribution is 0.00528. The summed E-state index contributed by atoms with van der Waals surface area (Å²) >= 11 is 0. The van der Waals surface area contributed by atoms with Crippen molar-refractivity contribution in [2.75, 3.05) is 26.8 Å². The maximum absolute atomic E-state index is 6.10. The highest BCUT2D eigenvalue weighted by Crippen LogP contribution is 2.23. The number of hydrogen-bond acceptors (Lipinski definition) is 4. The predicted molar refractivity (Wildman–Crippen MR) is 96.9 cm³/mol. The standard InChI is InChI=1S/C14H25N5O2.HI/c1-5-12-11(13(20-4)18(3)17-12)8-16-14(15)19-6-7-21-10(2)9-19;/h10H,5-9H2,1-4H3,(H2,15,16);1H. The van der Waals surface area contributed by atoms with Gasteiger partial charge in [0.1, 0.15) is 0 Å². The first-order valence-electron chi connectivity index (χ1n) is 7.32. The summed E-state index contributed by atoms with van der Waals surface area (Å²) in [5.74, 6) is 1.30. The summed E-state index contributed by atoms with van der Waals surface area (Å²) < 4.78 is 12.7. The maximum atomic E-state index is 6.10. The number of ether oxygens (including phenoxy) is 2. The molecule has 1 unspecified atom stereocenters. The molecule has 1 aromatic heterocycles. The van der Waals surface area contributed by atoms with Gasteiger partial charge in [0.05, 0.1) is 37.6 Å². The summed E-state index contributed by atoms with van der Waals surface area (Å²) in [6.07, 6.45) is 1.03. The Hall–Kier alpha value is -1.03. The van der Waals surface area contributed by atoms with E-state index >= 15 is 0 Å². The van der Waals surface area contributed by atoms with Crippen LogP contribution in [0.2, 0.25) is 0 Å². The van der Waals surface area contributed by atoms with Crippen molar-refractivity contribution < 1.29 is 9.47 Å². The first-order valence-corrected chi connectivity index (χ1v) is 7.32. The van der Waals surface area contributed by atoms with E-state index in [1.807, 2.05) is 14.0 Å². The number of halogens is 1. The molecule has 2 rings (SSSR count). The van der Waals surface area contributed by atoms with Gasteiger partial charge in [-0.3, -0.25) is 0 Å². The molecule has 1 aliphatic heterocycles. The SMILES string of the molecule is CCc1nn(C)c(OC)c1CN=C(N)N1CCOC(C)C1.I. The average Bonchev–Trinajstić information content (AvgIpc) is 2.79. The summed E-state index contributed by atoms with van der Waals surface area (Å²) in [6, 6.07) is 0. The lowest BCUT2D eigenvalue weighted by Crippen LogP contribution is -2.47. The fourth-order valence-corrected chi connectivity index (χ4v) is 2.59. The molecule has 0 radical (unpaired) electrons. The Bertz CT molecular complexity index is 518. The van der Waals surface area contributed by atoms with Crippen LogP contribution in [0.4, 0.5) is 0 Å². The smallest absolute Gasteiger partial charge is 0.216 e. The van der Waals surface area contributed by atoms with Crippen LogP contribution in [0.1, 0.15) is 25.1 Å². The minimum absolute atomic E-state index is 0. The lowest BCUT2D eigenvalue weighted by atomic mass is 10.2. The van der Waals surface area contributed by atoms with Gasteiger partial charge in [-0.2, -0.15) is 5.10 Å². The van der Waals surface area contributed by atoms with Gasteiger partial charge in [0, 0.05) is 20.1 Å². The van der Waals surface area contributed by atoms with Crippen molar-refractivity contribution >= 4 is 29.9 Å². The van der Waals surface area contributed by atoms with Crippen molar-refractivity contribution in [2.45, 2.75) is 32.9 Å². The molecule has 0 amide bonds. The zero-order valence-corrected chi connectivity index (χ0v) is 16.0. The number of methoxy groups -OCH3 is 1. The number of rotatable bonds is 4. The number of aryl methyl sites for hydroxylation is 2. The van der Waals surface area contributed by atoms with Gasteiger partial charge in [-0.25, -0.2) is 9.67 Å². The molecule has 1 aliphatic rings. The zero-order chi connectivity index (χ0) is 15.4. The molecule has 0 spiro atoms. The van der Waals surface area contributed by atoms with Crippen LogP contribution in [0.3, 0.4) is 0 Å². The number of hydrogen-bond donors (Lipinski definition) is 1. The highest BCUT2D eigenvalue weighted by molar-refractivity contribution is 14.0. The number of aliphatic imine (C=N–C) groups is 1. The van der Waals surface area contributed by atoms with Gasteiger partial charge in [-0.15, -0.1) is 24.0 Å². The van der Waals surface area contributed by atoms with Gasteiger partial charge in [0.15, 0.2) is 5.96 Å². The van der Waals surface area contributed by atoms with Gasteiger partial charge >= 0.3 is 0 Å². The Balaban J connectivity index is 0.00000242. The number of aromatic nitrogens is 2. The van der Waals surface area contributed by atoms with Crippen LogP contribution in [-0.4, -0.2) is 53.6 Å². The monoisotopic (exact) mass is 423 g/mol. The molecular formula is C14H26IN5O2. The third kappa shape index (κ3) is 4.25. The summed E-state index contributed by atoms with van der Waals surface area (Å²) in [7, 11) is 3.52. The molecule has 7 nitrogen and oxygen atoms in total. The Morgan fingerprint density at radius 2 is 2.27 bits per heavy atom. The van der Waals surface area contributed by atoms with Crippen LogP contribution in [0.5, 0.6) is 5.88 Å². The van der Waals surface area contributed by atoms with Gasteiger partial charge in [0.25, 0.3) is 0 Å². The molecule has 1 fully saturated rings. The number of guanidine groups is 1. The Kier molecular flexibility index (Phi) is 7.40. The summed E-state index contributed by atoms with van der Waals surface area (Å²) in [5.41, 5.74) is 8.11. The van der Waals surface area contributed by atoms with Crippen LogP contribution in [0.25, 0.3) is 0 Å². The number of nitrogens with two attached hydrogens (primary N) is 1. The van der Waals surface area contributed by atoms with Crippen molar-refractivity contribution in [1.29, 1.82) is 0 Å². The molecule has 0 bridgehead atoms. The fourth-order valence-electron chi connectivity index (χ4n) is 2.59. The van der Waals surface area contributed by atoms with Crippen LogP contribution in [0, 0.1) is 0 Å². The van der Waals surface area contributed by atoms with Gasteiger partial charge < -0.3 is 20.1 Å². The normalized spacial score (nSPS) is 19.0. The largest absolute Gasteiger partial charge is 0.481 e.